The summed E-state index contributed by atoms with van der Waals surface area (Å²) in [5.74, 6) is -0.652. The van der Waals surface area contributed by atoms with E-state index in [9.17, 15) is 23.7 Å². The molecule has 0 radical (unpaired) electrons. The highest BCUT2D eigenvalue weighted by Gasteiger charge is 2.23. The van der Waals surface area contributed by atoms with Crippen LogP contribution in [0.1, 0.15) is 22.7 Å². The summed E-state index contributed by atoms with van der Waals surface area (Å²) in [6.07, 6.45) is 2.30. The van der Waals surface area contributed by atoms with E-state index in [1.807, 2.05) is 0 Å². The highest BCUT2D eigenvalue weighted by atomic mass is 19.3. The van der Waals surface area contributed by atoms with Crippen molar-refractivity contribution in [2.45, 2.75) is 13.1 Å². The summed E-state index contributed by atoms with van der Waals surface area (Å²) in [5.41, 5.74) is -0.443. The lowest BCUT2D eigenvalue weighted by atomic mass is 10.1. The number of para-hydroxylation sites is 1. The molecule has 22 heavy (non-hydrogen) atoms. The van der Waals surface area contributed by atoms with Gasteiger partial charge in [-0.1, -0.05) is 12.1 Å². The Morgan fingerprint density at radius 3 is 2.77 bits per heavy atom. The van der Waals surface area contributed by atoms with Gasteiger partial charge in [0.15, 0.2) is 0 Å². The summed E-state index contributed by atoms with van der Waals surface area (Å²) in [5, 5.41) is 10.9. The minimum atomic E-state index is -2.77. The molecule has 7 nitrogen and oxygen atoms in total. The Bertz CT molecular complexity index is 702. The predicted octanol–water partition coefficient (Wildman–Crippen LogP) is 2.46. The first-order valence-electron chi connectivity index (χ1n) is 6.20. The largest absolute Gasteiger partial charge is 0.334 e. The van der Waals surface area contributed by atoms with E-state index in [2.05, 4.69) is 4.98 Å². The molecular weight excluding hydrogens is 298 g/mol. The zero-order chi connectivity index (χ0) is 16.3. The summed E-state index contributed by atoms with van der Waals surface area (Å²) in [6, 6.07) is 5.46. The third kappa shape index (κ3) is 3.08. The molecule has 0 spiro atoms. The normalized spacial score (nSPS) is 10.7. The lowest BCUT2D eigenvalue weighted by Crippen LogP contribution is -2.28. The first kappa shape index (κ1) is 15.5. The van der Waals surface area contributed by atoms with Crippen molar-refractivity contribution in [2.75, 3.05) is 7.05 Å². The van der Waals surface area contributed by atoms with Crippen LogP contribution < -0.4 is 0 Å². The molecule has 1 aromatic carbocycles. The Hall–Kier alpha value is -2.84. The minimum Gasteiger partial charge on any atom is -0.334 e. The number of amides is 1. The molecule has 1 aromatic heterocycles. The lowest BCUT2D eigenvalue weighted by Gasteiger charge is -2.17. The summed E-state index contributed by atoms with van der Waals surface area (Å²) in [7, 11) is 1.36. The third-order valence-electron chi connectivity index (χ3n) is 3.02. The van der Waals surface area contributed by atoms with Crippen LogP contribution in [-0.2, 0) is 6.54 Å². The number of nitro benzene ring substituents is 1. The van der Waals surface area contributed by atoms with Crippen molar-refractivity contribution in [1.29, 1.82) is 0 Å². The number of nitrogens with zero attached hydrogens (tertiary/aromatic N) is 4. The molecule has 2 aromatic rings. The van der Waals surface area contributed by atoms with Gasteiger partial charge in [-0.05, 0) is 6.07 Å². The molecule has 0 saturated heterocycles. The smallest absolute Gasteiger partial charge is 0.319 e. The SMILES string of the molecule is CN(Cc1nccn1C(F)F)C(=O)c1ccccc1[N+](=O)[O-]. The fourth-order valence-corrected chi connectivity index (χ4v) is 1.95. The number of hydrogen-bond donors (Lipinski definition) is 0. The highest BCUT2D eigenvalue weighted by molar-refractivity contribution is 5.97. The van der Waals surface area contributed by atoms with E-state index in [4.69, 9.17) is 0 Å². The van der Waals surface area contributed by atoms with Crippen molar-refractivity contribution < 1.29 is 18.5 Å². The molecule has 0 aliphatic heterocycles. The fourth-order valence-electron chi connectivity index (χ4n) is 1.95. The van der Waals surface area contributed by atoms with Gasteiger partial charge >= 0.3 is 6.55 Å². The van der Waals surface area contributed by atoms with Gasteiger partial charge in [0.05, 0.1) is 11.5 Å². The third-order valence-corrected chi connectivity index (χ3v) is 3.02. The molecule has 1 heterocycles. The van der Waals surface area contributed by atoms with Gasteiger partial charge in [-0.2, -0.15) is 8.78 Å². The molecule has 0 bridgehead atoms. The molecule has 0 aliphatic rings. The van der Waals surface area contributed by atoms with E-state index in [0.29, 0.717) is 4.57 Å². The van der Waals surface area contributed by atoms with Gasteiger partial charge in [0.25, 0.3) is 11.6 Å². The van der Waals surface area contributed by atoms with Gasteiger partial charge in [-0.3, -0.25) is 19.5 Å². The Kier molecular flexibility index (Phi) is 4.44. The second kappa shape index (κ2) is 6.29. The number of imidazole rings is 1. The standard InChI is InChI=1S/C13H12F2N4O3/c1-17(8-11-16-6-7-18(11)13(14)15)12(20)9-4-2-3-5-10(9)19(21)22/h2-7,13H,8H2,1H3. The summed E-state index contributed by atoms with van der Waals surface area (Å²) < 4.78 is 26.1. The van der Waals surface area contributed by atoms with Crippen molar-refractivity contribution in [3.05, 3.63) is 58.2 Å². The van der Waals surface area contributed by atoms with Gasteiger partial charge in [0, 0.05) is 25.5 Å². The zero-order valence-electron chi connectivity index (χ0n) is 11.5. The average molecular weight is 310 g/mol. The quantitative estimate of drug-likeness (QED) is 0.627. The van der Waals surface area contributed by atoms with E-state index in [1.165, 1.54) is 37.5 Å². The van der Waals surface area contributed by atoms with Crippen LogP contribution in [0.3, 0.4) is 0 Å². The number of rotatable bonds is 5. The van der Waals surface area contributed by atoms with E-state index in [-0.39, 0.29) is 23.6 Å². The number of carbonyl (C=O) groups is 1. The van der Waals surface area contributed by atoms with Crippen LogP contribution in [0.4, 0.5) is 14.5 Å². The molecule has 0 N–H and O–H groups in total. The van der Waals surface area contributed by atoms with Crippen LogP contribution in [0, 0.1) is 10.1 Å². The predicted molar refractivity (Wildman–Crippen MR) is 72.4 cm³/mol. The first-order valence-corrected chi connectivity index (χ1v) is 6.20. The van der Waals surface area contributed by atoms with Crippen molar-refractivity contribution in [3.63, 3.8) is 0 Å². The van der Waals surface area contributed by atoms with E-state index in [1.54, 1.807) is 0 Å². The summed E-state index contributed by atoms with van der Waals surface area (Å²) in [4.78, 5) is 27.4. The molecule has 0 atom stereocenters. The van der Waals surface area contributed by atoms with Crippen molar-refractivity contribution >= 4 is 11.6 Å². The topological polar surface area (TPSA) is 81.3 Å². The Balaban J connectivity index is 2.23. The second-order valence-corrected chi connectivity index (χ2v) is 4.46. The number of nitro groups is 1. The molecule has 0 fully saturated rings. The maximum absolute atomic E-state index is 12.7. The maximum atomic E-state index is 12.7. The number of aromatic nitrogens is 2. The van der Waals surface area contributed by atoms with Crippen molar-refractivity contribution in [2.24, 2.45) is 0 Å². The monoisotopic (exact) mass is 310 g/mol. The molecule has 0 saturated carbocycles. The molecular formula is C13H12F2N4O3. The van der Waals surface area contributed by atoms with Crippen LogP contribution in [0.15, 0.2) is 36.7 Å². The Morgan fingerprint density at radius 2 is 2.14 bits per heavy atom. The van der Waals surface area contributed by atoms with Gasteiger partial charge < -0.3 is 4.90 Å². The van der Waals surface area contributed by atoms with Crippen LogP contribution in [-0.4, -0.2) is 32.3 Å². The lowest BCUT2D eigenvalue weighted by molar-refractivity contribution is -0.385. The van der Waals surface area contributed by atoms with E-state index in [0.717, 1.165) is 11.1 Å². The highest BCUT2D eigenvalue weighted by Crippen LogP contribution is 2.20. The van der Waals surface area contributed by atoms with Crippen LogP contribution in [0.2, 0.25) is 0 Å². The number of carbonyl (C=O) groups excluding carboxylic acids is 1. The molecule has 0 unspecified atom stereocenters. The Labute approximate surface area is 123 Å². The van der Waals surface area contributed by atoms with E-state index >= 15 is 0 Å². The van der Waals surface area contributed by atoms with Crippen LogP contribution in [0.25, 0.3) is 0 Å². The zero-order valence-corrected chi connectivity index (χ0v) is 11.5. The van der Waals surface area contributed by atoms with Crippen LogP contribution >= 0.6 is 0 Å². The van der Waals surface area contributed by atoms with Gasteiger partial charge in [-0.15, -0.1) is 0 Å². The molecule has 116 valence electrons. The molecule has 1 amide bonds. The van der Waals surface area contributed by atoms with Gasteiger partial charge in [-0.25, -0.2) is 4.98 Å². The number of alkyl halides is 2. The second-order valence-electron chi connectivity index (χ2n) is 4.46. The first-order chi connectivity index (χ1) is 10.4. The van der Waals surface area contributed by atoms with Crippen molar-refractivity contribution in [3.8, 4) is 0 Å². The number of halogens is 2. The molecule has 2 rings (SSSR count). The van der Waals surface area contributed by atoms with Crippen molar-refractivity contribution in [1.82, 2.24) is 14.5 Å². The van der Waals surface area contributed by atoms with Gasteiger partial charge in [0.1, 0.15) is 11.4 Å². The summed E-state index contributed by atoms with van der Waals surface area (Å²) >= 11 is 0. The maximum Gasteiger partial charge on any atom is 0.319 e. The average Bonchev–Trinajstić information content (AvgIpc) is 2.94. The van der Waals surface area contributed by atoms with Gasteiger partial charge in [0.2, 0.25) is 0 Å². The Morgan fingerprint density at radius 1 is 1.45 bits per heavy atom. The van der Waals surface area contributed by atoms with Crippen LogP contribution in [0.5, 0.6) is 0 Å². The fraction of sp³-hybridized carbons (Fsp3) is 0.231. The van der Waals surface area contributed by atoms with E-state index < -0.39 is 17.4 Å². The minimum absolute atomic E-state index is 0.00978. The number of hydrogen-bond acceptors (Lipinski definition) is 4. The summed E-state index contributed by atoms with van der Waals surface area (Å²) in [6.45, 7) is -2.96. The molecule has 9 heteroatoms. The molecule has 0 aliphatic carbocycles. The number of benzene rings is 1.